The van der Waals surface area contributed by atoms with Crippen LogP contribution in [0.3, 0.4) is 0 Å². The number of fused-ring (bicyclic) bond motifs is 9. The first-order valence-corrected chi connectivity index (χ1v) is 16.7. The molecule has 0 radical (unpaired) electrons. The Morgan fingerprint density at radius 3 is 2.09 bits per heavy atom. The van der Waals surface area contributed by atoms with Crippen molar-refractivity contribution in [3.63, 3.8) is 0 Å². The van der Waals surface area contributed by atoms with Gasteiger partial charge in [0.05, 0.1) is 16.8 Å². The third kappa shape index (κ3) is 4.10. The Balaban J connectivity index is 1.26. The molecule has 0 fully saturated rings. The zero-order valence-electron chi connectivity index (χ0n) is 25.4. The van der Waals surface area contributed by atoms with E-state index in [4.69, 9.17) is 4.42 Å². The predicted octanol–water partition coefficient (Wildman–Crippen LogP) is 13.4. The van der Waals surface area contributed by atoms with Crippen LogP contribution in [0.1, 0.15) is 0 Å². The van der Waals surface area contributed by atoms with Crippen molar-refractivity contribution in [2.75, 3.05) is 4.90 Å². The quantitative estimate of drug-likeness (QED) is 0.195. The molecule has 0 saturated carbocycles. The van der Waals surface area contributed by atoms with Crippen molar-refractivity contribution < 1.29 is 4.42 Å². The minimum absolute atomic E-state index is 0.879. The van der Waals surface area contributed by atoms with E-state index in [0.29, 0.717) is 0 Å². The first kappa shape index (κ1) is 26.3. The van der Waals surface area contributed by atoms with Crippen molar-refractivity contribution in [1.82, 2.24) is 0 Å². The standard InChI is InChI=1S/C44H27NOS/c1-2-12-30-26-32(23-20-28(30)10-1)45(39-17-9-18-40-43(39)37-25-21-29-11-3-4-14-34(29)44(37)46-40)38-16-7-5-13-33(38)31-22-24-36-35-15-6-8-19-41(35)47-42(36)27-31/h1-27H. The zero-order chi connectivity index (χ0) is 30.9. The van der Waals surface area contributed by atoms with E-state index in [1.165, 1.54) is 47.5 Å². The van der Waals surface area contributed by atoms with Gasteiger partial charge in [0.2, 0.25) is 0 Å². The third-order valence-corrected chi connectivity index (χ3v) is 10.6. The van der Waals surface area contributed by atoms with Crippen molar-refractivity contribution >= 4 is 92.1 Å². The van der Waals surface area contributed by atoms with Gasteiger partial charge in [-0.1, -0.05) is 115 Å². The number of rotatable bonds is 4. The number of furan rings is 1. The van der Waals surface area contributed by atoms with Gasteiger partial charge in [0, 0.05) is 42.2 Å². The van der Waals surface area contributed by atoms with Crippen LogP contribution in [-0.2, 0) is 0 Å². The summed E-state index contributed by atoms with van der Waals surface area (Å²) in [6, 6.07) is 59.1. The van der Waals surface area contributed by atoms with Crippen molar-refractivity contribution in [3.8, 4) is 11.1 Å². The van der Waals surface area contributed by atoms with Crippen LogP contribution in [0, 0.1) is 0 Å². The molecule has 10 rings (SSSR count). The molecular weight excluding hydrogens is 591 g/mol. The summed E-state index contributed by atoms with van der Waals surface area (Å²) < 4.78 is 9.28. The number of thiophene rings is 1. The van der Waals surface area contributed by atoms with E-state index < -0.39 is 0 Å². The molecule has 0 amide bonds. The summed E-state index contributed by atoms with van der Waals surface area (Å²) in [5, 5.41) is 9.57. The topological polar surface area (TPSA) is 16.4 Å². The van der Waals surface area contributed by atoms with Crippen molar-refractivity contribution in [1.29, 1.82) is 0 Å². The Kier molecular flexibility index (Phi) is 5.78. The van der Waals surface area contributed by atoms with Gasteiger partial charge >= 0.3 is 0 Å². The molecule has 2 aromatic heterocycles. The second kappa shape index (κ2) is 10.3. The average molecular weight is 618 g/mol. The molecule has 2 heterocycles. The fourth-order valence-electron chi connectivity index (χ4n) is 7.25. The Morgan fingerprint density at radius 1 is 0.447 bits per heavy atom. The summed E-state index contributed by atoms with van der Waals surface area (Å²) >= 11 is 1.86. The molecule has 0 aliphatic rings. The van der Waals surface area contributed by atoms with Gasteiger partial charge in [-0.2, -0.15) is 0 Å². The van der Waals surface area contributed by atoms with E-state index in [2.05, 4.69) is 169 Å². The zero-order valence-corrected chi connectivity index (χ0v) is 26.2. The van der Waals surface area contributed by atoms with Crippen LogP contribution in [0.5, 0.6) is 0 Å². The highest BCUT2D eigenvalue weighted by Crippen LogP contribution is 2.47. The molecule has 8 aromatic carbocycles. The van der Waals surface area contributed by atoms with E-state index in [0.717, 1.165) is 44.4 Å². The monoisotopic (exact) mass is 617 g/mol. The maximum atomic E-state index is 6.67. The van der Waals surface area contributed by atoms with Gasteiger partial charge in [-0.05, 0) is 70.3 Å². The van der Waals surface area contributed by atoms with Crippen molar-refractivity contribution in [3.05, 3.63) is 164 Å². The molecule has 47 heavy (non-hydrogen) atoms. The molecule has 0 spiro atoms. The number of benzene rings is 8. The molecule has 0 saturated heterocycles. The van der Waals surface area contributed by atoms with Crippen LogP contribution in [0.25, 0.3) is 74.8 Å². The number of para-hydroxylation sites is 1. The third-order valence-electron chi connectivity index (χ3n) is 9.43. The highest BCUT2D eigenvalue weighted by atomic mass is 32.1. The molecule has 0 bridgehead atoms. The Hall–Kier alpha value is -5.90. The molecule has 0 atom stereocenters. The molecule has 220 valence electrons. The Morgan fingerprint density at radius 2 is 1.15 bits per heavy atom. The second-order valence-corrected chi connectivity index (χ2v) is 13.2. The molecule has 0 N–H and O–H groups in total. The van der Waals surface area contributed by atoms with Gasteiger partial charge in [0.1, 0.15) is 11.2 Å². The van der Waals surface area contributed by atoms with E-state index in [9.17, 15) is 0 Å². The predicted molar refractivity (Wildman–Crippen MR) is 202 cm³/mol. The molecular formula is C44H27NOS. The summed E-state index contributed by atoms with van der Waals surface area (Å²) in [6.45, 7) is 0. The van der Waals surface area contributed by atoms with Gasteiger partial charge in [-0.15, -0.1) is 11.3 Å². The van der Waals surface area contributed by atoms with E-state index in [-0.39, 0.29) is 0 Å². The van der Waals surface area contributed by atoms with Gasteiger partial charge in [0.25, 0.3) is 0 Å². The first-order chi connectivity index (χ1) is 23.3. The highest BCUT2D eigenvalue weighted by molar-refractivity contribution is 7.25. The maximum Gasteiger partial charge on any atom is 0.143 e. The van der Waals surface area contributed by atoms with Crippen molar-refractivity contribution in [2.45, 2.75) is 0 Å². The summed E-state index contributed by atoms with van der Waals surface area (Å²) in [5.74, 6) is 0. The largest absolute Gasteiger partial charge is 0.455 e. The SMILES string of the molecule is c1ccc(N(c2ccc3ccccc3c2)c2cccc3oc4c5ccccc5ccc4c23)c(-c2ccc3c(c2)sc2ccccc23)c1. The molecule has 0 aliphatic carbocycles. The number of nitrogens with zero attached hydrogens (tertiary/aromatic N) is 1. The van der Waals surface area contributed by atoms with Gasteiger partial charge in [-0.25, -0.2) is 0 Å². The average Bonchev–Trinajstić information content (AvgIpc) is 3.71. The maximum absolute atomic E-state index is 6.67. The van der Waals surface area contributed by atoms with Crippen molar-refractivity contribution in [2.24, 2.45) is 0 Å². The summed E-state index contributed by atoms with van der Waals surface area (Å²) in [4.78, 5) is 2.42. The fourth-order valence-corrected chi connectivity index (χ4v) is 8.40. The van der Waals surface area contributed by atoms with Crippen LogP contribution in [-0.4, -0.2) is 0 Å². The highest BCUT2D eigenvalue weighted by Gasteiger charge is 2.23. The molecule has 0 aliphatic heterocycles. The Labute approximate surface area is 275 Å². The normalized spacial score (nSPS) is 11.8. The lowest BCUT2D eigenvalue weighted by Crippen LogP contribution is -2.11. The van der Waals surface area contributed by atoms with E-state index in [1.54, 1.807) is 0 Å². The molecule has 3 heteroatoms. The fraction of sp³-hybridized carbons (Fsp3) is 0. The minimum atomic E-state index is 0.879. The van der Waals surface area contributed by atoms with Crippen LogP contribution in [0.2, 0.25) is 0 Å². The minimum Gasteiger partial charge on any atom is -0.455 e. The number of hydrogen-bond acceptors (Lipinski definition) is 3. The Bertz CT molecular complexity index is 2820. The molecule has 2 nitrogen and oxygen atoms in total. The van der Waals surface area contributed by atoms with Crippen LogP contribution in [0.15, 0.2) is 168 Å². The molecule has 0 unspecified atom stereocenters. The van der Waals surface area contributed by atoms with E-state index >= 15 is 0 Å². The molecule has 10 aromatic rings. The van der Waals surface area contributed by atoms with Crippen LogP contribution < -0.4 is 4.90 Å². The van der Waals surface area contributed by atoms with Gasteiger partial charge in [-0.3, -0.25) is 0 Å². The second-order valence-electron chi connectivity index (χ2n) is 12.1. The van der Waals surface area contributed by atoms with Crippen LogP contribution >= 0.6 is 11.3 Å². The lowest BCUT2D eigenvalue weighted by Gasteiger charge is -2.29. The smallest absolute Gasteiger partial charge is 0.143 e. The lowest BCUT2D eigenvalue weighted by molar-refractivity contribution is 0.672. The lowest BCUT2D eigenvalue weighted by atomic mass is 9.99. The summed E-state index contributed by atoms with van der Waals surface area (Å²) in [5.41, 5.74) is 7.47. The van der Waals surface area contributed by atoms with Crippen LogP contribution in [0.4, 0.5) is 17.1 Å². The number of hydrogen-bond donors (Lipinski definition) is 0. The summed E-state index contributed by atoms with van der Waals surface area (Å²) in [7, 11) is 0. The van der Waals surface area contributed by atoms with Gasteiger partial charge < -0.3 is 9.32 Å². The van der Waals surface area contributed by atoms with E-state index in [1.807, 2.05) is 11.3 Å². The summed E-state index contributed by atoms with van der Waals surface area (Å²) in [6.07, 6.45) is 0. The number of anilines is 3. The van der Waals surface area contributed by atoms with Gasteiger partial charge in [0.15, 0.2) is 0 Å². The first-order valence-electron chi connectivity index (χ1n) is 15.9.